The van der Waals surface area contributed by atoms with E-state index in [0.717, 1.165) is 41.0 Å². The number of carbonyl (C=O) groups is 1. The predicted octanol–water partition coefficient (Wildman–Crippen LogP) is 4.47. The summed E-state index contributed by atoms with van der Waals surface area (Å²) in [6, 6.07) is 13.5. The van der Waals surface area contributed by atoms with Crippen LogP contribution in [-0.2, 0) is 20.1 Å². The van der Waals surface area contributed by atoms with Gasteiger partial charge in [0.1, 0.15) is 22.9 Å². The molecule has 4 rings (SSSR count). The highest BCUT2D eigenvalue weighted by molar-refractivity contribution is 5.92. The van der Waals surface area contributed by atoms with Gasteiger partial charge < -0.3 is 19.1 Å². The number of aromatic nitrogens is 2. The molecule has 174 valence electrons. The molecule has 7 nitrogen and oxygen atoms in total. The smallest absolute Gasteiger partial charge is 0.272 e. The van der Waals surface area contributed by atoms with Crippen molar-refractivity contribution in [3.8, 4) is 17.2 Å². The molecule has 0 unspecified atom stereocenters. The van der Waals surface area contributed by atoms with Gasteiger partial charge in [0.2, 0.25) is 0 Å². The number of methoxy groups -OCH3 is 3. The maximum atomic E-state index is 13.8. The van der Waals surface area contributed by atoms with Crippen molar-refractivity contribution in [2.75, 3.05) is 21.3 Å². The highest BCUT2D eigenvalue weighted by Crippen LogP contribution is 2.39. The van der Waals surface area contributed by atoms with Crippen LogP contribution in [0, 0.1) is 6.92 Å². The zero-order valence-electron chi connectivity index (χ0n) is 19.9. The molecule has 3 aromatic rings. The number of amides is 1. The van der Waals surface area contributed by atoms with Crippen LogP contribution in [0.15, 0.2) is 42.5 Å². The van der Waals surface area contributed by atoms with Crippen LogP contribution in [0.4, 0.5) is 0 Å². The minimum atomic E-state index is -0.0722. The number of ether oxygens (including phenoxy) is 3. The Morgan fingerprint density at radius 3 is 2.39 bits per heavy atom. The molecule has 33 heavy (non-hydrogen) atoms. The molecule has 7 heteroatoms. The maximum Gasteiger partial charge on any atom is 0.272 e. The number of aryl methyl sites for hydroxylation is 1. The van der Waals surface area contributed by atoms with Crippen LogP contribution in [0.25, 0.3) is 0 Å². The number of nitrogens with zero attached hydrogens (tertiary/aromatic N) is 3. The fourth-order valence-electron chi connectivity index (χ4n) is 4.08. The molecule has 1 fully saturated rings. The van der Waals surface area contributed by atoms with Crippen LogP contribution in [0.3, 0.4) is 0 Å². The highest BCUT2D eigenvalue weighted by Gasteiger charge is 2.29. The monoisotopic (exact) mass is 449 g/mol. The molecular formula is C26H31N3O4. The van der Waals surface area contributed by atoms with Crippen LogP contribution in [0.2, 0.25) is 0 Å². The lowest BCUT2D eigenvalue weighted by Crippen LogP contribution is -2.32. The Kier molecular flexibility index (Phi) is 6.58. The van der Waals surface area contributed by atoms with Crippen molar-refractivity contribution in [3.05, 3.63) is 70.5 Å². The lowest BCUT2D eigenvalue weighted by molar-refractivity contribution is 0.0717. The Labute approximate surface area is 194 Å². The summed E-state index contributed by atoms with van der Waals surface area (Å²) in [5.41, 5.74) is 4.53. The molecule has 0 N–H and O–H groups in total. The van der Waals surface area contributed by atoms with Crippen molar-refractivity contribution in [1.82, 2.24) is 14.7 Å². The van der Waals surface area contributed by atoms with Crippen LogP contribution in [0.1, 0.15) is 51.6 Å². The molecular weight excluding hydrogens is 418 g/mol. The Hall–Kier alpha value is -3.48. The third-order valence-electron chi connectivity index (χ3n) is 6.23. The highest BCUT2D eigenvalue weighted by atomic mass is 16.5. The van der Waals surface area contributed by atoms with Crippen LogP contribution < -0.4 is 14.2 Å². The van der Waals surface area contributed by atoms with Gasteiger partial charge in [0.25, 0.3) is 5.91 Å². The Bertz CT molecular complexity index is 1150. The molecule has 1 aromatic heterocycles. The van der Waals surface area contributed by atoms with Crippen molar-refractivity contribution in [1.29, 1.82) is 0 Å². The Morgan fingerprint density at radius 2 is 1.73 bits per heavy atom. The van der Waals surface area contributed by atoms with E-state index in [2.05, 4.69) is 5.10 Å². The molecule has 0 saturated heterocycles. The van der Waals surface area contributed by atoms with Gasteiger partial charge in [0.15, 0.2) is 0 Å². The molecule has 1 heterocycles. The molecule has 0 atom stereocenters. The average Bonchev–Trinajstić information content (AvgIpc) is 3.61. The first-order chi connectivity index (χ1) is 15.9. The first-order valence-corrected chi connectivity index (χ1v) is 11.1. The van der Waals surface area contributed by atoms with E-state index in [4.69, 9.17) is 14.2 Å². The number of carbonyl (C=O) groups excluding carboxylic acids is 1. The summed E-state index contributed by atoms with van der Waals surface area (Å²) in [4.78, 5) is 15.6. The van der Waals surface area contributed by atoms with E-state index in [1.54, 1.807) is 26.0 Å². The third kappa shape index (κ3) is 4.82. The number of rotatable bonds is 9. The second-order valence-electron chi connectivity index (χ2n) is 8.44. The zero-order chi connectivity index (χ0) is 23.5. The first kappa shape index (κ1) is 22.7. The number of hydrogen-bond donors (Lipinski definition) is 0. The fraction of sp³-hybridized carbons (Fsp3) is 0.385. The van der Waals surface area contributed by atoms with Crippen LogP contribution in [0.5, 0.6) is 17.2 Å². The molecule has 0 radical (unpaired) electrons. The van der Waals surface area contributed by atoms with E-state index in [-0.39, 0.29) is 5.91 Å². The normalized spacial score (nSPS) is 13.0. The van der Waals surface area contributed by atoms with Crippen molar-refractivity contribution in [2.24, 2.45) is 7.05 Å². The zero-order valence-corrected chi connectivity index (χ0v) is 19.9. The minimum absolute atomic E-state index is 0.0722. The largest absolute Gasteiger partial charge is 0.497 e. The second-order valence-corrected chi connectivity index (χ2v) is 8.44. The van der Waals surface area contributed by atoms with E-state index in [1.165, 1.54) is 0 Å². The van der Waals surface area contributed by atoms with Gasteiger partial charge in [0.05, 0.1) is 33.6 Å². The van der Waals surface area contributed by atoms with Gasteiger partial charge >= 0.3 is 0 Å². The van der Waals surface area contributed by atoms with Gasteiger partial charge in [-0.1, -0.05) is 12.1 Å². The van der Waals surface area contributed by atoms with Gasteiger partial charge in [-0.25, -0.2) is 0 Å². The average molecular weight is 450 g/mol. The maximum absolute atomic E-state index is 13.8. The molecule has 0 bridgehead atoms. The predicted molar refractivity (Wildman–Crippen MR) is 126 cm³/mol. The summed E-state index contributed by atoms with van der Waals surface area (Å²) in [7, 11) is 6.74. The Morgan fingerprint density at radius 1 is 1.00 bits per heavy atom. The van der Waals surface area contributed by atoms with Crippen molar-refractivity contribution < 1.29 is 19.0 Å². The minimum Gasteiger partial charge on any atom is -0.497 e. The lowest BCUT2D eigenvalue weighted by atomic mass is 10.1. The SMILES string of the molecule is COc1ccc(CN(Cc2cccc(OC)c2C)C(=O)c2cc(C3CC3)nn2C)c(OC)c1. The number of hydrogen-bond acceptors (Lipinski definition) is 5. The van der Waals surface area contributed by atoms with Gasteiger partial charge in [-0.2, -0.15) is 5.10 Å². The van der Waals surface area contributed by atoms with Crippen LogP contribution >= 0.6 is 0 Å². The second kappa shape index (κ2) is 9.57. The summed E-state index contributed by atoms with van der Waals surface area (Å²) in [6.07, 6.45) is 2.28. The molecule has 1 aliphatic rings. The summed E-state index contributed by atoms with van der Waals surface area (Å²) in [5, 5.41) is 4.60. The van der Waals surface area contributed by atoms with Crippen molar-refractivity contribution in [3.63, 3.8) is 0 Å². The molecule has 0 spiro atoms. The van der Waals surface area contributed by atoms with E-state index < -0.39 is 0 Å². The standard InChI is InChI=1S/C26H31N3O4/c1-17-19(7-6-8-24(17)32-4)15-29(16-20-11-12-21(31-3)13-25(20)33-5)26(30)23-14-22(18-9-10-18)27-28(23)2/h6-8,11-14,18H,9-10,15-16H2,1-5H3. The van der Waals surface area contributed by atoms with Gasteiger partial charge in [-0.05, 0) is 55.2 Å². The summed E-state index contributed by atoms with van der Waals surface area (Å²) < 4.78 is 18.1. The number of benzene rings is 2. The summed E-state index contributed by atoms with van der Waals surface area (Å²) >= 11 is 0. The van der Waals surface area contributed by atoms with Crippen molar-refractivity contribution >= 4 is 5.91 Å². The van der Waals surface area contributed by atoms with E-state index in [0.29, 0.717) is 36.2 Å². The van der Waals surface area contributed by atoms with E-state index in [9.17, 15) is 4.79 Å². The Balaban J connectivity index is 1.70. The van der Waals surface area contributed by atoms with Gasteiger partial charge in [0, 0.05) is 31.1 Å². The van der Waals surface area contributed by atoms with Crippen molar-refractivity contribution in [2.45, 2.75) is 38.8 Å². The fourth-order valence-corrected chi connectivity index (χ4v) is 4.08. The lowest BCUT2D eigenvalue weighted by Gasteiger charge is -2.25. The molecule has 1 saturated carbocycles. The van der Waals surface area contributed by atoms with Crippen LogP contribution in [-0.4, -0.2) is 41.9 Å². The summed E-state index contributed by atoms with van der Waals surface area (Å²) in [6.45, 7) is 2.83. The van der Waals surface area contributed by atoms with E-state index in [1.807, 2.05) is 61.3 Å². The molecule has 2 aromatic carbocycles. The van der Waals surface area contributed by atoms with Gasteiger partial charge in [-0.3, -0.25) is 9.48 Å². The topological polar surface area (TPSA) is 65.8 Å². The molecule has 1 amide bonds. The van der Waals surface area contributed by atoms with E-state index >= 15 is 0 Å². The third-order valence-corrected chi connectivity index (χ3v) is 6.23. The quantitative estimate of drug-likeness (QED) is 0.482. The summed E-state index contributed by atoms with van der Waals surface area (Å²) in [5.74, 6) is 2.60. The van der Waals surface area contributed by atoms with Gasteiger partial charge in [-0.15, -0.1) is 0 Å². The first-order valence-electron chi connectivity index (χ1n) is 11.1. The molecule has 1 aliphatic carbocycles. The molecule has 0 aliphatic heterocycles.